The maximum Gasteiger partial charge on any atom is 0.126 e. The Morgan fingerprint density at radius 1 is 1.15 bits per heavy atom. The molecule has 0 aliphatic carbocycles. The maximum absolute atomic E-state index is 13.2. The second-order valence-electron chi connectivity index (χ2n) is 4.92. The first kappa shape index (κ1) is 14.5. The smallest absolute Gasteiger partial charge is 0.126 e. The van der Waals surface area contributed by atoms with Gasteiger partial charge in [0.15, 0.2) is 0 Å². The van der Waals surface area contributed by atoms with Gasteiger partial charge in [0.1, 0.15) is 18.2 Å². The van der Waals surface area contributed by atoms with Crippen molar-refractivity contribution >= 4 is 0 Å². The van der Waals surface area contributed by atoms with Gasteiger partial charge in [-0.1, -0.05) is 37.3 Å². The zero-order valence-corrected chi connectivity index (χ0v) is 11.9. The van der Waals surface area contributed by atoms with Crippen molar-refractivity contribution in [2.45, 2.75) is 26.3 Å². The highest BCUT2D eigenvalue weighted by Crippen LogP contribution is 2.20. The third kappa shape index (κ3) is 3.58. The van der Waals surface area contributed by atoms with Crippen molar-refractivity contribution in [2.75, 3.05) is 6.61 Å². The molecule has 2 nitrogen and oxygen atoms in total. The van der Waals surface area contributed by atoms with Crippen LogP contribution < -0.4 is 10.5 Å². The number of aryl methyl sites for hydroxylation is 2. The average Bonchev–Trinajstić information content (AvgIpc) is 2.48. The minimum atomic E-state index is -0.300. The first-order valence-corrected chi connectivity index (χ1v) is 6.83. The summed E-state index contributed by atoms with van der Waals surface area (Å²) in [6.45, 7) is 4.33. The van der Waals surface area contributed by atoms with Gasteiger partial charge in [0.2, 0.25) is 0 Å². The molecule has 0 heterocycles. The van der Waals surface area contributed by atoms with Crippen LogP contribution >= 0.6 is 0 Å². The minimum Gasteiger partial charge on any atom is -0.491 e. The molecule has 2 N–H and O–H groups in total. The zero-order valence-electron chi connectivity index (χ0n) is 11.9. The number of benzene rings is 2. The number of hydrogen-bond donors (Lipinski definition) is 1. The van der Waals surface area contributed by atoms with Crippen LogP contribution in [0.25, 0.3) is 0 Å². The highest BCUT2D eigenvalue weighted by molar-refractivity contribution is 5.33. The lowest BCUT2D eigenvalue weighted by Gasteiger charge is -2.15. The number of rotatable bonds is 5. The molecule has 0 fully saturated rings. The third-order valence-electron chi connectivity index (χ3n) is 3.38. The van der Waals surface area contributed by atoms with Crippen LogP contribution in [-0.2, 0) is 6.42 Å². The van der Waals surface area contributed by atoms with Crippen molar-refractivity contribution in [1.82, 2.24) is 0 Å². The van der Waals surface area contributed by atoms with E-state index >= 15 is 0 Å². The van der Waals surface area contributed by atoms with E-state index in [1.807, 2.05) is 19.1 Å². The van der Waals surface area contributed by atoms with Gasteiger partial charge in [0.25, 0.3) is 0 Å². The summed E-state index contributed by atoms with van der Waals surface area (Å²) < 4.78 is 18.8. The molecule has 106 valence electrons. The van der Waals surface area contributed by atoms with Gasteiger partial charge >= 0.3 is 0 Å². The molecule has 0 saturated carbocycles. The van der Waals surface area contributed by atoms with Crippen LogP contribution in [0.2, 0.25) is 0 Å². The molecule has 0 radical (unpaired) electrons. The van der Waals surface area contributed by atoms with Gasteiger partial charge in [-0.15, -0.1) is 0 Å². The van der Waals surface area contributed by atoms with Crippen molar-refractivity contribution in [2.24, 2.45) is 5.73 Å². The monoisotopic (exact) mass is 273 g/mol. The van der Waals surface area contributed by atoms with Crippen LogP contribution in [0.1, 0.15) is 29.7 Å². The third-order valence-corrected chi connectivity index (χ3v) is 3.38. The SMILES string of the molecule is CCc1ccc(C(N)COc2cc(F)ccc2C)cc1. The van der Waals surface area contributed by atoms with E-state index in [9.17, 15) is 4.39 Å². The first-order valence-electron chi connectivity index (χ1n) is 6.83. The summed E-state index contributed by atoms with van der Waals surface area (Å²) >= 11 is 0. The van der Waals surface area contributed by atoms with Gasteiger partial charge < -0.3 is 10.5 Å². The molecule has 0 aliphatic heterocycles. The molecule has 0 aliphatic rings. The van der Waals surface area contributed by atoms with E-state index in [1.54, 1.807) is 6.07 Å². The minimum absolute atomic E-state index is 0.219. The molecule has 2 rings (SSSR count). The molecule has 3 heteroatoms. The standard InChI is InChI=1S/C17H20FNO/c1-3-13-5-7-14(8-6-13)16(19)11-20-17-10-15(18)9-4-12(17)2/h4-10,16H,3,11,19H2,1-2H3. The van der Waals surface area contributed by atoms with Crippen LogP contribution in [0.15, 0.2) is 42.5 Å². The quantitative estimate of drug-likeness (QED) is 0.900. The summed E-state index contributed by atoms with van der Waals surface area (Å²) in [6.07, 6.45) is 1.01. The molecule has 0 bridgehead atoms. The molecule has 0 amide bonds. The Morgan fingerprint density at radius 2 is 1.85 bits per heavy atom. The lowest BCUT2D eigenvalue weighted by Crippen LogP contribution is -2.19. The topological polar surface area (TPSA) is 35.2 Å². The summed E-state index contributed by atoms with van der Waals surface area (Å²) in [4.78, 5) is 0. The molecule has 20 heavy (non-hydrogen) atoms. The summed E-state index contributed by atoms with van der Waals surface area (Å²) in [5, 5.41) is 0. The normalized spacial score (nSPS) is 12.2. The van der Waals surface area contributed by atoms with Crippen molar-refractivity contribution in [3.05, 3.63) is 65.0 Å². The highest BCUT2D eigenvalue weighted by atomic mass is 19.1. The van der Waals surface area contributed by atoms with Gasteiger partial charge in [-0.3, -0.25) is 0 Å². The number of halogens is 1. The number of nitrogens with two attached hydrogens (primary N) is 1. The summed E-state index contributed by atoms with van der Waals surface area (Å²) in [5.41, 5.74) is 9.31. The Hall–Kier alpha value is -1.87. The molecule has 1 unspecified atom stereocenters. The number of ether oxygens (including phenoxy) is 1. The Bertz CT molecular complexity index is 566. The van der Waals surface area contributed by atoms with E-state index in [0.717, 1.165) is 17.5 Å². The summed E-state index contributed by atoms with van der Waals surface area (Å²) in [5.74, 6) is 0.247. The van der Waals surface area contributed by atoms with E-state index in [0.29, 0.717) is 12.4 Å². The van der Waals surface area contributed by atoms with Crippen LogP contribution in [0.4, 0.5) is 4.39 Å². The van der Waals surface area contributed by atoms with Crippen LogP contribution in [-0.4, -0.2) is 6.61 Å². The van der Waals surface area contributed by atoms with Gasteiger partial charge in [-0.05, 0) is 36.1 Å². The first-order chi connectivity index (χ1) is 9.60. The molecule has 2 aromatic carbocycles. The molecule has 0 aromatic heterocycles. The van der Waals surface area contributed by atoms with E-state index in [4.69, 9.17) is 10.5 Å². The Kier molecular flexibility index (Phi) is 4.74. The van der Waals surface area contributed by atoms with Gasteiger partial charge in [0, 0.05) is 6.07 Å². The molecule has 0 spiro atoms. The van der Waals surface area contributed by atoms with Crippen LogP contribution in [0.5, 0.6) is 5.75 Å². The largest absolute Gasteiger partial charge is 0.491 e. The Labute approximate surface area is 119 Å². The molecule has 0 saturated heterocycles. The zero-order chi connectivity index (χ0) is 14.5. The van der Waals surface area contributed by atoms with Gasteiger partial charge in [-0.25, -0.2) is 4.39 Å². The lowest BCUT2D eigenvalue weighted by molar-refractivity contribution is 0.287. The van der Waals surface area contributed by atoms with E-state index in [-0.39, 0.29) is 11.9 Å². The van der Waals surface area contributed by atoms with Gasteiger partial charge in [0.05, 0.1) is 6.04 Å². The van der Waals surface area contributed by atoms with Gasteiger partial charge in [-0.2, -0.15) is 0 Å². The van der Waals surface area contributed by atoms with E-state index in [1.165, 1.54) is 17.7 Å². The predicted molar refractivity (Wildman–Crippen MR) is 79.4 cm³/mol. The lowest BCUT2D eigenvalue weighted by atomic mass is 10.1. The fourth-order valence-corrected chi connectivity index (χ4v) is 2.01. The fourth-order valence-electron chi connectivity index (χ4n) is 2.01. The van der Waals surface area contributed by atoms with Crippen LogP contribution in [0, 0.1) is 12.7 Å². The van der Waals surface area contributed by atoms with Crippen molar-refractivity contribution in [1.29, 1.82) is 0 Å². The van der Waals surface area contributed by atoms with Crippen LogP contribution in [0.3, 0.4) is 0 Å². The van der Waals surface area contributed by atoms with E-state index in [2.05, 4.69) is 19.1 Å². The van der Waals surface area contributed by atoms with Crippen molar-refractivity contribution < 1.29 is 9.13 Å². The highest BCUT2D eigenvalue weighted by Gasteiger charge is 2.08. The predicted octanol–water partition coefficient (Wildman–Crippen LogP) is 3.78. The second kappa shape index (κ2) is 6.53. The molecular formula is C17H20FNO. The maximum atomic E-state index is 13.2. The van der Waals surface area contributed by atoms with E-state index < -0.39 is 0 Å². The van der Waals surface area contributed by atoms with Crippen molar-refractivity contribution in [3.8, 4) is 5.75 Å². The summed E-state index contributed by atoms with van der Waals surface area (Å²) in [6, 6.07) is 12.5. The summed E-state index contributed by atoms with van der Waals surface area (Å²) in [7, 11) is 0. The Balaban J connectivity index is 2.00. The van der Waals surface area contributed by atoms with Crippen molar-refractivity contribution in [3.63, 3.8) is 0 Å². The Morgan fingerprint density at radius 3 is 2.50 bits per heavy atom. The fraction of sp³-hybridized carbons (Fsp3) is 0.294. The molecule has 1 atom stereocenters. The average molecular weight is 273 g/mol. The second-order valence-corrected chi connectivity index (χ2v) is 4.92. The number of hydrogen-bond acceptors (Lipinski definition) is 2. The molecule has 2 aromatic rings. The molecular weight excluding hydrogens is 253 g/mol.